The normalized spacial score (nSPS) is 23.3. The Labute approximate surface area is 192 Å². The molecule has 31 heavy (non-hydrogen) atoms. The number of benzene rings is 1. The molecular weight excluding hydrogens is 464 g/mol. The number of hydrogen-bond acceptors (Lipinski definition) is 5. The summed E-state index contributed by atoms with van der Waals surface area (Å²) in [7, 11) is 0. The summed E-state index contributed by atoms with van der Waals surface area (Å²) in [5, 5.41) is 9.80. The number of anilines is 1. The molecule has 0 saturated carbocycles. The van der Waals surface area contributed by atoms with Crippen LogP contribution in [0, 0.1) is 5.92 Å². The third-order valence-corrected chi connectivity index (χ3v) is 5.97. The Morgan fingerprint density at radius 3 is 2.29 bits per heavy atom. The number of ether oxygens (including phenoxy) is 2. The van der Waals surface area contributed by atoms with Gasteiger partial charge in [-0.05, 0) is 72.6 Å². The molecule has 1 fully saturated rings. The maximum atomic E-state index is 13.2. The highest BCUT2D eigenvalue weighted by molar-refractivity contribution is 9.10. The van der Waals surface area contributed by atoms with Crippen molar-refractivity contribution >= 4 is 33.8 Å². The van der Waals surface area contributed by atoms with E-state index in [-0.39, 0.29) is 30.7 Å². The Morgan fingerprint density at radius 2 is 1.71 bits per heavy atom. The minimum absolute atomic E-state index is 0.0333. The van der Waals surface area contributed by atoms with Gasteiger partial charge in [-0.25, -0.2) is 9.59 Å². The Bertz CT molecular complexity index is 845. The molecule has 3 atom stereocenters. The second-order valence-corrected chi connectivity index (χ2v) is 11.1. The van der Waals surface area contributed by atoms with Gasteiger partial charge in [-0.1, -0.05) is 15.9 Å². The molecule has 2 aliphatic heterocycles. The van der Waals surface area contributed by atoms with Gasteiger partial charge >= 0.3 is 12.2 Å². The number of aliphatic hydroxyl groups excluding tert-OH is 1. The van der Waals surface area contributed by atoms with Crippen LogP contribution >= 0.6 is 15.9 Å². The summed E-state index contributed by atoms with van der Waals surface area (Å²) in [6.45, 7) is 11.5. The topological polar surface area (TPSA) is 79.3 Å². The van der Waals surface area contributed by atoms with Crippen molar-refractivity contribution in [3.8, 4) is 0 Å². The molecule has 2 aliphatic rings. The largest absolute Gasteiger partial charge is 0.444 e. The average molecular weight is 497 g/mol. The van der Waals surface area contributed by atoms with Gasteiger partial charge in [0.05, 0.1) is 11.7 Å². The maximum absolute atomic E-state index is 13.2. The number of nitrogens with zero attached hydrogens (tertiary/aromatic N) is 2. The predicted molar refractivity (Wildman–Crippen MR) is 122 cm³/mol. The molecule has 1 aromatic rings. The van der Waals surface area contributed by atoms with Crippen LogP contribution in [0.2, 0.25) is 0 Å². The van der Waals surface area contributed by atoms with Crippen LogP contribution in [0.4, 0.5) is 15.3 Å². The number of halogens is 1. The molecule has 2 heterocycles. The SMILES string of the molecule is CC(C)(C)OC(=O)N1CC[C@@H]2[C@H]1c1cc(Br)ccc1N(C(=O)OC(C)(C)C)[C@H]2CCO. The zero-order valence-corrected chi connectivity index (χ0v) is 20.7. The Hall–Kier alpha value is -1.80. The molecule has 0 radical (unpaired) electrons. The molecule has 7 nitrogen and oxygen atoms in total. The summed E-state index contributed by atoms with van der Waals surface area (Å²) in [4.78, 5) is 29.7. The van der Waals surface area contributed by atoms with Gasteiger partial charge in [-0.2, -0.15) is 0 Å². The van der Waals surface area contributed by atoms with Crippen LogP contribution in [0.25, 0.3) is 0 Å². The highest BCUT2D eigenvalue weighted by Gasteiger charge is 2.51. The van der Waals surface area contributed by atoms with Crippen molar-refractivity contribution in [1.29, 1.82) is 0 Å². The number of carbonyl (C=O) groups excluding carboxylic acids is 2. The molecule has 8 heteroatoms. The lowest BCUT2D eigenvalue weighted by molar-refractivity contribution is 0.0189. The third-order valence-electron chi connectivity index (χ3n) is 5.48. The summed E-state index contributed by atoms with van der Waals surface area (Å²) < 4.78 is 12.3. The highest BCUT2D eigenvalue weighted by Crippen LogP contribution is 2.51. The van der Waals surface area contributed by atoms with E-state index >= 15 is 0 Å². The third kappa shape index (κ3) is 5.17. The van der Waals surface area contributed by atoms with Crippen LogP contribution in [-0.2, 0) is 9.47 Å². The van der Waals surface area contributed by atoms with Crippen molar-refractivity contribution in [2.24, 2.45) is 5.92 Å². The van der Waals surface area contributed by atoms with Crippen molar-refractivity contribution in [3.05, 3.63) is 28.2 Å². The van der Waals surface area contributed by atoms with Gasteiger partial charge in [0, 0.05) is 35.1 Å². The lowest BCUT2D eigenvalue weighted by Gasteiger charge is -2.45. The quantitative estimate of drug-likeness (QED) is 0.604. The number of aliphatic hydroxyl groups is 1. The second-order valence-electron chi connectivity index (χ2n) is 10.2. The van der Waals surface area contributed by atoms with E-state index in [1.54, 1.807) is 9.80 Å². The maximum Gasteiger partial charge on any atom is 0.415 e. The lowest BCUT2D eigenvalue weighted by Crippen LogP contribution is -2.52. The number of amides is 2. The zero-order valence-electron chi connectivity index (χ0n) is 19.1. The fourth-order valence-corrected chi connectivity index (χ4v) is 4.89. The summed E-state index contributed by atoms with van der Waals surface area (Å²) in [6, 6.07) is 5.18. The van der Waals surface area contributed by atoms with Gasteiger partial charge < -0.3 is 19.5 Å². The van der Waals surface area contributed by atoms with Crippen molar-refractivity contribution in [2.75, 3.05) is 18.1 Å². The zero-order chi connectivity index (χ0) is 23.1. The van der Waals surface area contributed by atoms with E-state index in [1.165, 1.54) is 0 Å². The van der Waals surface area contributed by atoms with Crippen LogP contribution in [0.3, 0.4) is 0 Å². The van der Waals surface area contributed by atoms with Crippen molar-refractivity contribution in [1.82, 2.24) is 4.90 Å². The van der Waals surface area contributed by atoms with Crippen molar-refractivity contribution in [3.63, 3.8) is 0 Å². The van der Waals surface area contributed by atoms with E-state index in [2.05, 4.69) is 15.9 Å². The highest BCUT2D eigenvalue weighted by atomic mass is 79.9. The molecule has 0 aliphatic carbocycles. The number of fused-ring (bicyclic) bond motifs is 3. The minimum atomic E-state index is -0.647. The summed E-state index contributed by atoms with van der Waals surface area (Å²) in [5.74, 6) is -0.0333. The molecule has 3 rings (SSSR count). The van der Waals surface area contributed by atoms with E-state index in [1.807, 2.05) is 59.7 Å². The van der Waals surface area contributed by atoms with E-state index in [0.29, 0.717) is 25.1 Å². The summed E-state index contributed by atoms with van der Waals surface area (Å²) in [5.41, 5.74) is 0.331. The first-order valence-corrected chi connectivity index (χ1v) is 11.5. The molecule has 1 N–H and O–H groups in total. The van der Waals surface area contributed by atoms with Crippen molar-refractivity contribution in [2.45, 2.75) is 77.7 Å². The summed E-state index contributed by atoms with van der Waals surface area (Å²) in [6.07, 6.45) is 0.306. The standard InChI is InChI=1S/C23H33BrN2O5/c1-22(2,3)30-20(28)25-11-9-15-18(10-12-27)26(21(29)31-23(4,5)6)17-8-7-14(24)13-16(17)19(15)25/h7-8,13,15,18-19,27H,9-12H2,1-6H3/t15-,18-,19-/m0/s1. The van der Waals surface area contributed by atoms with E-state index in [4.69, 9.17) is 9.47 Å². The van der Waals surface area contributed by atoms with Crippen molar-refractivity contribution < 1.29 is 24.2 Å². The molecule has 0 bridgehead atoms. The fourth-order valence-electron chi connectivity index (χ4n) is 4.52. The van der Waals surface area contributed by atoms with E-state index in [0.717, 1.165) is 10.0 Å². The number of hydrogen-bond donors (Lipinski definition) is 1. The van der Waals surface area contributed by atoms with Gasteiger partial charge in [0.1, 0.15) is 11.2 Å². The monoisotopic (exact) mass is 496 g/mol. The van der Waals surface area contributed by atoms with E-state index < -0.39 is 17.3 Å². The Kier molecular flexibility index (Phi) is 6.63. The molecular formula is C23H33BrN2O5. The van der Waals surface area contributed by atoms with Crippen LogP contribution in [0.15, 0.2) is 22.7 Å². The van der Waals surface area contributed by atoms with Gasteiger partial charge in [0.15, 0.2) is 0 Å². The molecule has 0 unspecified atom stereocenters. The Morgan fingerprint density at radius 1 is 1.10 bits per heavy atom. The van der Waals surface area contributed by atoms with Crippen LogP contribution < -0.4 is 4.90 Å². The fraction of sp³-hybridized carbons (Fsp3) is 0.652. The van der Waals surface area contributed by atoms with Crippen LogP contribution in [-0.4, -0.2) is 52.6 Å². The van der Waals surface area contributed by atoms with Gasteiger partial charge in [0.2, 0.25) is 0 Å². The lowest BCUT2D eigenvalue weighted by atomic mass is 9.80. The molecule has 172 valence electrons. The van der Waals surface area contributed by atoms with Crippen LogP contribution in [0.5, 0.6) is 0 Å². The number of rotatable bonds is 2. The smallest absolute Gasteiger partial charge is 0.415 e. The Balaban J connectivity index is 2.08. The molecule has 0 spiro atoms. The first kappa shape index (κ1) is 23.9. The number of likely N-dealkylation sites (tertiary alicyclic amines) is 1. The average Bonchev–Trinajstić information content (AvgIpc) is 3.04. The summed E-state index contributed by atoms with van der Waals surface area (Å²) >= 11 is 3.54. The molecule has 1 aromatic carbocycles. The van der Waals surface area contributed by atoms with Gasteiger partial charge in [0.25, 0.3) is 0 Å². The van der Waals surface area contributed by atoms with Crippen LogP contribution in [0.1, 0.15) is 66.0 Å². The first-order valence-electron chi connectivity index (χ1n) is 10.7. The molecule has 1 saturated heterocycles. The van der Waals surface area contributed by atoms with Gasteiger partial charge in [-0.3, -0.25) is 4.90 Å². The van der Waals surface area contributed by atoms with Gasteiger partial charge in [-0.15, -0.1) is 0 Å². The number of carbonyl (C=O) groups is 2. The second kappa shape index (κ2) is 8.62. The first-order chi connectivity index (χ1) is 14.3. The minimum Gasteiger partial charge on any atom is -0.444 e. The molecule has 0 aromatic heterocycles. The van der Waals surface area contributed by atoms with E-state index in [9.17, 15) is 14.7 Å². The predicted octanol–water partition coefficient (Wildman–Crippen LogP) is 5.25. The molecule has 2 amide bonds.